The van der Waals surface area contributed by atoms with E-state index in [0.717, 1.165) is 11.3 Å². The van der Waals surface area contributed by atoms with Crippen LogP contribution in [0.5, 0.6) is 0 Å². The number of methoxy groups -OCH3 is 1. The summed E-state index contributed by atoms with van der Waals surface area (Å²) in [6, 6.07) is 7.41. The van der Waals surface area contributed by atoms with E-state index in [1.54, 1.807) is 17.5 Å². The largest absolute Gasteiger partial charge is 0.465 e. The molecule has 3 N–H and O–H groups in total. The van der Waals surface area contributed by atoms with E-state index in [9.17, 15) is 19.2 Å². The van der Waals surface area contributed by atoms with Crippen molar-refractivity contribution in [2.75, 3.05) is 12.4 Å². The van der Waals surface area contributed by atoms with Gasteiger partial charge in [0.25, 0.3) is 11.8 Å². The SMILES string of the molecule is COC(=O)c1ccccc1C(=O)OC(C)C(=O)Nc1sccc1C(N)=O. The third kappa shape index (κ3) is 4.25. The fourth-order valence-electron chi connectivity index (χ4n) is 2.04. The highest BCUT2D eigenvalue weighted by Crippen LogP contribution is 2.23. The van der Waals surface area contributed by atoms with E-state index in [4.69, 9.17) is 10.5 Å². The van der Waals surface area contributed by atoms with E-state index in [2.05, 4.69) is 10.1 Å². The molecule has 1 atom stereocenters. The molecule has 2 rings (SSSR count). The van der Waals surface area contributed by atoms with Crippen molar-refractivity contribution in [2.24, 2.45) is 5.73 Å². The first kappa shape index (κ1) is 19.1. The molecule has 0 saturated heterocycles. The van der Waals surface area contributed by atoms with E-state index in [1.807, 2.05) is 0 Å². The lowest BCUT2D eigenvalue weighted by atomic mass is 10.1. The number of nitrogens with two attached hydrogens (primary N) is 1. The highest BCUT2D eigenvalue weighted by Gasteiger charge is 2.24. The van der Waals surface area contributed by atoms with Crippen LogP contribution < -0.4 is 11.1 Å². The number of thiophene rings is 1. The number of hydrogen-bond acceptors (Lipinski definition) is 7. The lowest BCUT2D eigenvalue weighted by molar-refractivity contribution is -0.123. The van der Waals surface area contributed by atoms with E-state index in [0.29, 0.717) is 0 Å². The number of benzene rings is 1. The number of carbonyl (C=O) groups is 4. The van der Waals surface area contributed by atoms with Crippen LogP contribution in [0.3, 0.4) is 0 Å². The zero-order valence-electron chi connectivity index (χ0n) is 14.0. The molecule has 0 aliphatic heterocycles. The van der Waals surface area contributed by atoms with Gasteiger partial charge in [0.1, 0.15) is 5.00 Å². The van der Waals surface area contributed by atoms with Crippen LogP contribution in [0, 0.1) is 0 Å². The second kappa shape index (κ2) is 8.26. The molecule has 0 aliphatic rings. The number of primary amides is 1. The van der Waals surface area contributed by atoms with Gasteiger partial charge in [0.15, 0.2) is 6.10 Å². The van der Waals surface area contributed by atoms with Crippen LogP contribution in [0.25, 0.3) is 0 Å². The summed E-state index contributed by atoms with van der Waals surface area (Å²) < 4.78 is 9.73. The molecule has 0 saturated carbocycles. The molecule has 1 aromatic heterocycles. The zero-order valence-corrected chi connectivity index (χ0v) is 14.8. The van der Waals surface area contributed by atoms with Crippen molar-refractivity contribution < 1.29 is 28.7 Å². The Bertz CT molecular complexity index is 860. The Kier molecular flexibility index (Phi) is 6.07. The topological polar surface area (TPSA) is 125 Å². The number of ether oxygens (including phenoxy) is 2. The predicted molar refractivity (Wildman–Crippen MR) is 94.1 cm³/mol. The highest BCUT2D eigenvalue weighted by atomic mass is 32.1. The third-order valence-corrected chi connectivity index (χ3v) is 4.20. The molecule has 0 bridgehead atoms. The monoisotopic (exact) mass is 376 g/mol. The highest BCUT2D eigenvalue weighted by molar-refractivity contribution is 7.14. The maximum atomic E-state index is 12.3. The fourth-order valence-corrected chi connectivity index (χ4v) is 2.84. The molecule has 26 heavy (non-hydrogen) atoms. The van der Waals surface area contributed by atoms with E-state index in [1.165, 1.54) is 32.2 Å². The smallest absolute Gasteiger partial charge is 0.339 e. The maximum Gasteiger partial charge on any atom is 0.339 e. The van der Waals surface area contributed by atoms with E-state index in [-0.39, 0.29) is 21.7 Å². The van der Waals surface area contributed by atoms with E-state index < -0.39 is 29.9 Å². The first-order valence-electron chi connectivity index (χ1n) is 7.41. The summed E-state index contributed by atoms with van der Waals surface area (Å²) in [7, 11) is 1.19. The Balaban J connectivity index is 2.10. The number of carbonyl (C=O) groups excluding carboxylic acids is 4. The summed E-state index contributed by atoms with van der Waals surface area (Å²) in [5.74, 6) is -2.87. The Morgan fingerprint density at radius 2 is 1.65 bits per heavy atom. The van der Waals surface area contributed by atoms with Gasteiger partial charge in [-0.3, -0.25) is 9.59 Å². The molecular weight excluding hydrogens is 360 g/mol. The zero-order chi connectivity index (χ0) is 19.3. The number of rotatable bonds is 6. The summed E-state index contributed by atoms with van der Waals surface area (Å²) in [6.07, 6.45) is -1.17. The van der Waals surface area contributed by atoms with Gasteiger partial charge >= 0.3 is 11.9 Å². The molecule has 2 aromatic rings. The Morgan fingerprint density at radius 3 is 2.23 bits per heavy atom. The quantitative estimate of drug-likeness (QED) is 0.741. The molecule has 136 valence electrons. The number of esters is 2. The Labute approximate surface area is 152 Å². The molecule has 1 heterocycles. The van der Waals surface area contributed by atoms with Crippen molar-refractivity contribution in [3.8, 4) is 0 Å². The van der Waals surface area contributed by atoms with Crippen LogP contribution in [0.4, 0.5) is 5.00 Å². The second-order valence-electron chi connectivity index (χ2n) is 5.10. The molecule has 2 amide bonds. The molecule has 0 radical (unpaired) electrons. The van der Waals surface area contributed by atoms with Crippen molar-refractivity contribution in [1.29, 1.82) is 0 Å². The summed E-state index contributed by atoms with van der Waals surface area (Å²) in [5, 5.41) is 4.35. The minimum absolute atomic E-state index is 0.0204. The minimum atomic E-state index is -1.17. The molecule has 0 fully saturated rings. The second-order valence-corrected chi connectivity index (χ2v) is 6.02. The summed E-state index contributed by atoms with van der Waals surface area (Å²) >= 11 is 1.11. The summed E-state index contributed by atoms with van der Waals surface area (Å²) in [4.78, 5) is 47.5. The van der Waals surface area contributed by atoms with Gasteiger partial charge in [-0.1, -0.05) is 12.1 Å². The molecule has 1 unspecified atom stereocenters. The van der Waals surface area contributed by atoms with Crippen molar-refractivity contribution in [1.82, 2.24) is 0 Å². The average Bonchev–Trinajstić information content (AvgIpc) is 3.09. The van der Waals surface area contributed by atoms with Crippen LogP contribution in [0.2, 0.25) is 0 Å². The number of amides is 2. The molecule has 1 aromatic carbocycles. The van der Waals surface area contributed by atoms with Crippen LogP contribution in [-0.2, 0) is 14.3 Å². The van der Waals surface area contributed by atoms with Crippen LogP contribution in [0.1, 0.15) is 38.0 Å². The fraction of sp³-hybridized carbons (Fsp3) is 0.176. The molecular formula is C17H16N2O6S. The van der Waals surface area contributed by atoms with Gasteiger partial charge in [-0.2, -0.15) is 0 Å². The molecule has 0 aliphatic carbocycles. The first-order chi connectivity index (χ1) is 12.3. The van der Waals surface area contributed by atoms with Gasteiger partial charge in [-0.25, -0.2) is 9.59 Å². The minimum Gasteiger partial charge on any atom is -0.465 e. The third-order valence-electron chi connectivity index (χ3n) is 3.37. The van der Waals surface area contributed by atoms with Crippen LogP contribution >= 0.6 is 11.3 Å². The van der Waals surface area contributed by atoms with Gasteiger partial charge in [0, 0.05) is 0 Å². The number of anilines is 1. The Hall–Kier alpha value is -3.20. The van der Waals surface area contributed by atoms with Crippen molar-refractivity contribution in [3.05, 3.63) is 52.4 Å². The van der Waals surface area contributed by atoms with Crippen LogP contribution in [0.15, 0.2) is 35.7 Å². The van der Waals surface area contributed by atoms with Gasteiger partial charge in [-0.05, 0) is 30.5 Å². The standard InChI is InChI=1S/C17H16N2O6S/c1-9(14(21)19-15-12(13(18)20)7-8-26-15)25-17(23)11-6-4-3-5-10(11)16(22)24-2/h3-9H,1-2H3,(H2,18,20)(H,19,21). The lowest BCUT2D eigenvalue weighted by Crippen LogP contribution is -2.31. The van der Waals surface area contributed by atoms with Gasteiger partial charge < -0.3 is 20.5 Å². The normalized spacial score (nSPS) is 11.3. The van der Waals surface area contributed by atoms with Gasteiger partial charge in [0.2, 0.25) is 0 Å². The van der Waals surface area contributed by atoms with Crippen molar-refractivity contribution in [2.45, 2.75) is 13.0 Å². The molecule has 0 spiro atoms. The molecule has 8 nitrogen and oxygen atoms in total. The number of nitrogens with one attached hydrogen (secondary N) is 1. The van der Waals surface area contributed by atoms with Crippen molar-refractivity contribution >= 4 is 40.1 Å². The van der Waals surface area contributed by atoms with Gasteiger partial charge in [0.05, 0.1) is 23.8 Å². The molecule has 9 heteroatoms. The summed E-state index contributed by atoms with van der Waals surface area (Å²) in [5.41, 5.74) is 5.39. The van der Waals surface area contributed by atoms with E-state index >= 15 is 0 Å². The first-order valence-corrected chi connectivity index (χ1v) is 8.29. The van der Waals surface area contributed by atoms with Crippen molar-refractivity contribution in [3.63, 3.8) is 0 Å². The predicted octanol–water partition coefficient (Wildman–Crippen LogP) is 1.82. The number of hydrogen-bond donors (Lipinski definition) is 2. The Morgan fingerprint density at radius 1 is 1.04 bits per heavy atom. The average molecular weight is 376 g/mol. The van der Waals surface area contributed by atoms with Crippen LogP contribution in [-0.4, -0.2) is 37.0 Å². The van der Waals surface area contributed by atoms with Gasteiger partial charge in [-0.15, -0.1) is 11.3 Å². The summed E-state index contributed by atoms with van der Waals surface area (Å²) in [6.45, 7) is 1.37. The lowest BCUT2D eigenvalue weighted by Gasteiger charge is -2.14. The maximum absolute atomic E-state index is 12.3.